The molecule has 0 saturated heterocycles. The number of hydrogen-bond donors (Lipinski definition) is 0. The van der Waals surface area contributed by atoms with Crippen LogP contribution in [0.3, 0.4) is 0 Å². The molecule has 462 valence electrons. The van der Waals surface area contributed by atoms with Crippen molar-refractivity contribution in [3.63, 3.8) is 0 Å². The number of nitrogens with zero attached hydrogens (tertiary/aromatic N) is 1. The fourth-order valence-corrected chi connectivity index (χ4v) is 12.7. The molecule has 1 nitrogen and oxygen atoms in total. The van der Waals surface area contributed by atoms with Crippen LogP contribution in [0.15, 0.2) is 249 Å². The second-order valence-corrected chi connectivity index (χ2v) is 23.8. The van der Waals surface area contributed by atoms with Gasteiger partial charge >= 0.3 is 24.7 Å². The number of alkyl halides is 12. The zero-order chi connectivity index (χ0) is 65.5. The molecule has 0 radical (unpaired) electrons. The number of benzene rings is 12. The van der Waals surface area contributed by atoms with Gasteiger partial charge in [0.1, 0.15) is 0 Å². The largest absolute Gasteiger partial charge is 0.416 e. The number of rotatable bonds is 10. The van der Waals surface area contributed by atoms with Gasteiger partial charge in [0.2, 0.25) is 0 Å². The molecule has 13 heteroatoms. The second kappa shape index (κ2) is 23.4. The Balaban J connectivity index is 1.09. The van der Waals surface area contributed by atoms with Gasteiger partial charge in [0.05, 0.1) is 39.0 Å². The summed E-state index contributed by atoms with van der Waals surface area (Å²) in [5.74, 6) is 0. The van der Waals surface area contributed by atoms with E-state index >= 15 is 0 Å². The predicted octanol–water partition coefficient (Wildman–Crippen LogP) is 25.1. The highest BCUT2D eigenvalue weighted by Gasteiger charge is 2.38. The Labute approximate surface area is 528 Å². The van der Waals surface area contributed by atoms with E-state index in [1.165, 1.54) is 25.1 Å². The lowest BCUT2D eigenvalue weighted by Crippen LogP contribution is -2.11. The van der Waals surface area contributed by atoms with Crippen LogP contribution in [0.5, 0.6) is 0 Å². The van der Waals surface area contributed by atoms with Crippen molar-refractivity contribution in [2.24, 2.45) is 0 Å². The summed E-state index contributed by atoms with van der Waals surface area (Å²) in [4.78, 5) is 0. The van der Waals surface area contributed by atoms with Crippen molar-refractivity contribution in [3.8, 4) is 106 Å². The zero-order valence-corrected chi connectivity index (χ0v) is 50.2. The number of halogens is 12. The molecule has 0 aliphatic carbocycles. The van der Waals surface area contributed by atoms with E-state index in [0.717, 1.165) is 85.6 Å². The molecular formula is C80H53F12N. The molecular weight excluding hydrogens is 1200 g/mol. The van der Waals surface area contributed by atoms with Crippen LogP contribution < -0.4 is 0 Å². The fourth-order valence-electron chi connectivity index (χ4n) is 12.7. The highest BCUT2D eigenvalue weighted by atomic mass is 19.4. The topological polar surface area (TPSA) is 4.93 Å². The smallest absolute Gasteiger partial charge is 0.309 e. The predicted molar refractivity (Wildman–Crippen MR) is 349 cm³/mol. The summed E-state index contributed by atoms with van der Waals surface area (Å²) in [6.45, 7) is 7.00. The highest BCUT2D eigenvalue weighted by molar-refractivity contribution is 6.12. The maximum atomic E-state index is 14.6. The summed E-state index contributed by atoms with van der Waals surface area (Å²) in [7, 11) is 0. The molecule has 0 bridgehead atoms. The quantitative estimate of drug-likeness (QED) is 0.120. The van der Waals surface area contributed by atoms with Crippen molar-refractivity contribution in [2.75, 3.05) is 0 Å². The van der Waals surface area contributed by atoms with Gasteiger partial charge in [-0.05, 0) is 261 Å². The maximum Gasteiger partial charge on any atom is 0.416 e. The van der Waals surface area contributed by atoms with E-state index in [1.807, 2.05) is 166 Å². The number of fused-ring (bicyclic) bond motifs is 3. The Bertz CT molecular complexity index is 4950. The molecule has 0 aliphatic heterocycles. The van der Waals surface area contributed by atoms with Crippen molar-refractivity contribution < 1.29 is 52.7 Å². The van der Waals surface area contributed by atoms with Crippen LogP contribution in [-0.4, -0.2) is 4.57 Å². The zero-order valence-electron chi connectivity index (χ0n) is 50.2. The molecule has 0 fully saturated rings. The second-order valence-electron chi connectivity index (χ2n) is 23.8. The van der Waals surface area contributed by atoms with Gasteiger partial charge in [-0.25, -0.2) is 0 Å². The summed E-state index contributed by atoms with van der Waals surface area (Å²) in [6, 6.07) is 70.2. The third-order valence-electron chi connectivity index (χ3n) is 16.9. The minimum absolute atomic E-state index is 0.0156. The molecule has 13 aromatic rings. The van der Waals surface area contributed by atoms with Crippen molar-refractivity contribution in [1.82, 2.24) is 4.57 Å². The maximum absolute atomic E-state index is 14.6. The molecule has 13 rings (SSSR count). The van der Waals surface area contributed by atoms with Gasteiger partial charge in [-0.3, -0.25) is 0 Å². The Morgan fingerprint density at radius 2 is 0.495 bits per heavy atom. The number of para-hydroxylation sites is 1. The third-order valence-corrected chi connectivity index (χ3v) is 16.9. The normalized spacial score (nSPS) is 12.3. The molecule has 0 spiro atoms. The summed E-state index contributed by atoms with van der Waals surface area (Å²) in [5.41, 5.74) is 9.35. The first kappa shape index (κ1) is 61.5. The average Bonchev–Trinajstić information content (AvgIpc) is 1.60. The Hall–Kier alpha value is -10.4. The molecule has 0 saturated carbocycles. The van der Waals surface area contributed by atoms with E-state index < -0.39 is 52.5 Å². The molecule has 1 heterocycles. The minimum atomic E-state index is -5.21. The van der Waals surface area contributed by atoms with Crippen LogP contribution in [0, 0.1) is 27.7 Å². The van der Waals surface area contributed by atoms with Crippen LogP contribution in [0.1, 0.15) is 44.5 Å². The molecule has 0 aliphatic rings. The Kier molecular flexibility index (Phi) is 15.4. The number of aromatic nitrogens is 1. The summed E-state index contributed by atoms with van der Waals surface area (Å²) < 4.78 is 177. The van der Waals surface area contributed by atoms with Gasteiger partial charge in [0, 0.05) is 16.3 Å². The Morgan fingerprint density at radius 3 is 0.871 bits per heavy atom. The fraction of sp³-hybridized carbons (Fsp3) is 0.100. The van der Waals surface area contributed by atoms with Crippen molar-refractivity contribution in [3.05, 3.63) is 293 Å². The van der Waals surface area contributed by atoms with Crippen LogP contribution in [0.25, 0.3) is 128 Å². The van der Waals surface area contributed by atoms with Crippen molar-refractivity contribution in [1.29, 1.82) is 0 Å². The van der Waals surface area contributed by atoms with Gasteiger partial charge in [-0.1, -0.05) is 132 Å². The summed E-state index contributed by atoms with van der Waals surface area (Å²) in [5, 5.41) is 1.30. The third kappa shape index (κ3) is 12.6. The van der Waals surface area contributed by atoms with Gasteiger partial charge in [-0.15, -0.1) is 0 Å². The standard InChI is InChI=1S/C80H53F12N/c1-46-23-47(2)25-54(24-46)61-31-59(32-62(35-61)55-26-48(3)28-67(39-55)77(81,82)83)52-19-21-75-72(43-52)73-44-53(20-22-76(73)93(75)74-18-12-11-17-71(74)66-37-57(50-13-7-5-8-14-50)30-58(38-66)51-15-9-6-10-16-51)60-33-63(56-27-49(4)29-68(40-56)78(84,85)86)36-64(34-60)65-41-69(79(87,88)89)45-70(42-65)80(90,91)92/h5-45H,1-4H3. The van der Waals surface area contributed by atoms with E-state index in [4.69, 9.17) is 0 Å². The highest BCUT2D eigenvalue weighted by Crippen LogP contribution is 2.46. The number of aryl methyl sites for hydroxylation is 4. The summed E-state index contributed by atoms with van der Waals surface area (Å²) >= 11 is 0. The van der Waals surface area contributed by atoms with Crippen LogP contribution >= 0.6 is 0 Å². The lowest BCUT2D eigenvalue weighted by atomic mass is 9.90. The van der Waals surface area contributed by atoms with Crippen LogP contribution in [-0.2, 0) is 24.7 Å². The van der Waals surface area contributed by atoms with E-state index in [0.29, 0.717) is 67.3 Å². The summed E-state index contributed by atoms with van der Waals surface area (Å²) in [6.07, 6.45) is -19.9. The van der Waals surface area contributed by atoms with Gasteiger partial charge in [0.25, 0.3) is 0 Å². The molecule has 0 amide bonds. The monoisotopic (exact) mass is 1260 g/mol. The van der Waals surface area contributed by atoms with Crippen molar-refractivity contribution >= 4 is 21.8 Å². The molecule has 0 unspecified atom stereocenters. The lowest BCUT2D eigenvalue weighted by Gasteiger charge is -2.17. The Morgan fingerprint density at radius 1 is 0.215 bits per heavy atom. The van der Waals surface area contributed by atoms with E-state index in [1.54, 1.807) is 25.1 Å². The van der Waals surface area contributed by atoms with Crippen LogP contribution in [0.4, 0.5) is 52.7 Å². The van der Waals surface area contributed by atoms with E-state index in [-0.39, 0.29) is 33.9 Å². The molecule has 12 aromatic carbocycles. The first-order chi connectivity index (χ1) is 44.2. The van der Waals surface area contributed by atoms with Crippen LogP contribution in [0.2, 0.25) is 0 Å². The molecule has 1 aromatic heterocycles. The SMILES string of the molecule is Cc1cc(C)cc(-c2cc(-c3cc(C)cc(C(F)(F)F)c3)cc(-c3ccc4c(c3)c3cc(-c5cc(-c6cc(C)cc(C(F)(F)F)c6)cc(-c6cc(C(F)(F)F)cc(C(F)(F)F)c6)c5)ccc3n4-c3ccccc3-c3cc(-c4ccccc4)cc(-c4ccccc4)c3)c2)c1. The minimum Gasteiger partial charge on any atom is -0.309 e. The molecule has 0 atom stereocenters. The van der Waals surface area contributed by atoms with Gasteiger partial charge < -0.3 is 4.57 Å². The van der Waals surface area contributed by atoms with Gasteiger partial charge in [0.15, 0.2) is 0 Å². The first-order valence-corrected chi connectivity index (χ1v) is 29.7. The van der Waals surface area contributed by atoms with Gasteiger partial charge in [-0.2, -0.15) is 52.7 Å². The first-order valence-electron chi connectivity index (χ1n) is 29.7. The lowest BCUT2D eigenvalue weighted by molar-refractivity contribution is -0.143. The van der Waals surface area contributed by atoms with E-state index in [9.17, 15) is 52.7 Å². The number of hydrogen-bond acceptors (Lipinski definition) is 0. The molecule has 0 N–H and O–H groups in total. The van der Waals surface area contributed by atoms with Crippen molar-refractivity contribution in [2.45, 2.75) is 52.4 Å². The molecule has 93 heavy (non-hydrogen) atoms. The average molecular weight is 1260 g/mol. The van der Waals surface area contributed by atoms with E-state index in [2.05, 4.69) is 22.8 Å².